The molecular weight excluding hydrogens is 440 g/mol. The normalized spacial score (nSPS) is 17.4. The number of ether oxygens (including phenoxy) is 1. The molecular formula is C28H36N4O3. The van der Waals surface area contributed by atoms with Crippen molar-refractivity contribution in [2.45, 2.75) is 53.1 Å². The van der Waals surface area contributed by atoms with Crippen LogP contribution < -0.4 is 10.1 Å². The van der Waals surface area contributed by atoms with E-state index in [-0.39, 0.29) is 17.9 Å². The first kappa shape index (κ1) is 24.9. The Hall–Kier alpha value is -3.19. The Balaban J connectivity index is 1.38. The predicted octanol–water partition coefficient (Wildman–Crippen LogP) is 5.09. The van der Waals surface area contributed by atoms with Crippen LogP contribution in [0.5, 0.6) is 5.75 Å². The molecule has 2 heterocycles. The largest absolute Gasteiger partial charge is 0.497 e. The van der Waals surface area contributed by atoms with Crippen LogP contribution in [0.15, 0.2) is 47.0 Å². The van der Waals surface area contributed by atoms with E-state index >= 15 is 0 Å². The highest BCUT2D eigenvalue weighted by molar-refractivity contribution is 5.79. The molecule has 7 heteroatoms. The second kappa shape index (κ2) is 11.0. The summed E-state index contributed by atoms with van der Waals surface area (Å²) in [5.74, 6) is 2.27. The second-order valence-electron chi connectivity index (χ2n) is 9.90. The molecule has 0 saturated carbocycles. The van der Waals surface area contributed by atoms with Crippen LogP contribution in [0.25, 0.3) is 11.4 Å². The average Bonchev–Trinajstić information content (AvgIpc) is 3.31. The molecule has 0 bridgehead atoms. The molecule has 1 aliphatic heterocycles. The molecule has 7 nitrogen and oxygen atoms in total. The molecule has 2 aromatic carbocycles. The summed E-state index contributed by atoms with van der Waals surface area (Å²) in [6.45, 7) is 10.7. The SMILES string of the molecule is COc1ccc(-c2noc(CN3CCCC(C(=O)NC(c4ccc(C)cc4C)C(C)C)C3)n2)cc1. The maximum absolute atomic E-state index is 13.3. The second-order valence-corrected chi connectivity index (χ2v) is 9.90. The Bertz CT molecular complexity index is 1140. The fourth-order valence-corrected chi connectivity index (χ4v) is 4.83. The molecule has 35 heavy (non-hydrogen) atoms. The first-order valence-electron chi connectivity index (χ1n) is 12.4. The highest BCUT2D eigenvalue weighted by Crippen LogP contribution is 2.27. The number of methoxy groups -OCH3 is 1. The van der Waals surface area contributed by atoms with Crippen molar-refractivity contribution < 1.29 is 14.1 Å². The molecule has 0 spiro atoms. The molecule has 1 fully saturated rings. The Morgan fingerprint density at radius 1 is 1.20 bits per heavy atom. The molecule has 1 aromatic heterocycles. The number of amides is 1. The number of aryl methyl sites for hydroxylation is 2. The number of nitrogens with zero attached hydrogens (tertiary/aromatic N) is 3. The molecule has 3 aromatic rings. The lowest BCUT2D eigenvalue weighted by Crippen LogP contribution is -2.44. The van der Waals surface area contributed by atoms with Crippen LogP contribution in [0.1, 0.15) is 55.3 Å². The maximum Gasteiger partial charge on any atom is 0.241 e. The number of piperidine rings is 1. The van der Waals surface area contributed by atoms with E-state index in [1.54, 1.807) is 7.11 Å². The summed E-state index contributed by atoms with van der Waals surface area (Å²) in [7, 11) is 1.64. The number of nitrogens with one attached hydrogen (secondary N) is 1. The van der Waals surface area contributed by atoms with Gasteiger partial charge >= 0.3 is 0 Å². The minimum Gasteiger partial charge on any atom is -0.497 e. The van der Waals surface area contributed by atoms with E-state index in [2.05, 4.69) is 66.3 Å². The van der Waals surface area contributed by atoms with Crippen LogP contribution in [0, 0.1) is 25.7 Å². The number of hydrogen-bond donors (Lipinski definition) is 1. The standard InChI is InChI=1S/C28H36N4O3/c1-18(2)26(24-13-8-19(3)15-20(24)4)30-28(33)22-7-6-14-32(16-22)17-25-29-27(31-35-25)21-9-11-23(34-5)12-10-21/h8-13,15,18,22,26H,6-7,14,16-17H2,1-5H3,(H,30,33). The Kier molecular flexibility index (Phi) is 7.86. The van der Waals surface area contributed by atoms with Gasteiger partial charge in [0.25, 0.3) is 0 Å². The van der Waals surface area contributed by atoms with Crippen molar-refractivity contribution in [2.75, 3.05) is 20.2 Å². The molecule has 2 atom stereocenters. The van der Waals surface area contributed by atoms with E-state index in [1.807, 2.05) is 24.3 Å². The van der Waals surface area contributed by atoms with Gasteiger partial charge in [-0.25, -0.2) is 0 Å². The van der Waals surface area contributed by atoms with Gasteiger partial charge in [-0.15, -0.1) is 0 Å². The van der Waals surface area contributed by atoms with Gasteiger partial charge < -0.3 is 14.6 Å². The van der Waals surface area contributed by atoms with E-state index in [0.29, 0.717) is 30.7 Å². The minimum atomic E-state index is -0.0558. The van der Waals surface area contributed by atoms with Crippen LogP contribution in [-0.2, 0) is 11.3 Å². The third kappa shape index (κ3) is 6.09. The monoisotopic (exact) mass is 476 g/mol. The summed E-state index contributed by atoms with van der Waals surface area (Å²) in [6, 6.07) is 14.0. The van der Waals surface area contributed by atoms with Crippen LogP contribution >= 0.6 is 0 Å². The number of aromatic nitrogens is 2. The highest BCUT2D eigenvalue weighted by atomic mass is 16.5. The lowest BCUT2D eigenvalue weighted by Gasteiger charge is -2.33. The Labute approximate surface area is 207 Å². The van der Waals surface area contributed by atoms with Crippen LogP contribution in [0.2, 0.25) is 0 Å². The minimum absolute atomic E-state index is 0.00136. The van der Waals surface area contributed by atoms with Crippen molar-refractivity contribution >= 4 is 5.91 Å². The smallest absolute Gasteiger partial charge is 0.241 e. The molecule has 186 valence electrons. The third-order valence-electron chi connectivity index (χ3n) is 6.78. The summed E-state index contributed by atoms with van der Waals surface area (Å²) < 4.78 is 10.7. The number of rotatable bonds is 8. The fourth-order valence-electron chi connectivity index (χ4n) is 4.83. The third-order valence-corrected chi connectivity index (χ3v) is 6.78. The summed E-state index contributed by atoms with van der Waals surface area (Å²) in [6.07, 6.45) is 1.86. The molecule has 0 radical (unpaired) electrons. The van der Waals surface area contributed by atoms with Gasteiger partial charge in [0.1, 0.15) is 5.75 Å². The zero-order chi connectivity index (χ0) is 24.9. The van der Waals surface area contributed by atoms with Crippen molar-refractivity contribution in [1.82, 2.24) is 20.4 Å². The number of hydrogen-bond acceptors (Lipinski definition) is 6. The van der Waals surface area contributed by atoms with Gasteiger partial charge in [-0.3, -0.25) is 9.69 Å². The van der Waals surface area contributed by atoms with Gasteiger partial charge in [0.15, 0.2) is 0 Å². The van der Waals surface area contributed by atoms with Crippen LogP contribution in [-0.4, -0.2) is 41.1 Å². The molecule has 1 amide bonds. The first-order valence-corrected chi connectivity index (χ1v) is 12.4. The summed E-state index contributed by atoms with van der Waals surface area (Å²) in [5.41, 5.74) is 4.53. The number of carbonyl (C=O) groups is 1. The van der Waals surface area contributed by atoms with E-state index in [9.17, 15) is 4.79 Å². The molecule has 1 saturated heterocycles. The topological polar surface area (TPSA) is 80.5 Å². The van der Waals surface area contributed by atoms with E-state index in [4.69, 9.17) is 9.26 Å². The highest BCUT2D eigenvalue weighted by Gasteiger charge is 2.29. The van der Waals surface area contributed by atoms with Gasteiger partial charge in [0, 0.05) is 12.1 Å². The molecule has 1 aliphatic rings. The fraction of sp³-hybridized carbons (Fsp3) is 0.464. The van der Waals surface area contributed by atoms with Gasteiger partial charge in [0.05, 0.1) is 25.6 Å². The van der Waals surface area contributed by atoms with E-state index in [0.717, 1.165) is 30.7 Å². The molecule has 1 N–H and O–H groups in total. The number of benzene rings is 2. The Morgan fingerprint density at radius 3 is 2.66 bits per heavy atom. The van der Waals surface area contributed by atoms with Gasteiger partial charge in [0.2, 0.25) is 17.6 Å². The van der Waals surface area contributed by atoms with Gasteiger partial charge in [-0.05, 0) is 74.5 Å². The van der Waals surface area contributed by atoms with Crippen molar-refractivity contribution in [3.8, 4) is 17.1 Å². The predicted molar refractivity (Wildman–Crippen MR) is 136 cm³/mol. The first-order chi connectivity index (χ1) is 16.8. The van der Waals surface area contributed by atoms with Crippen LogP contribution in [0.4, 0.5) is 0 Å². The van der Waals surface area contributed by atoms with Gasteiger partial charge in [-0.2, -0.15) is 4.98 Å². The molecule has 4 rings (SSSR count). The van der Waals surface area contributed by atoms with Crippen molar-refractivity contribution in [2.24, 2.45) is 11.8 Å². The van der Waals surface area contributed by atoms with E-state index < -0.39 is 0 Å². The van der Waals surface area contributed by atoms with Crippen molar-refractivity contribution in [3.05, 3.63) is 65.0 Å². The number of likely N-dealkylation sites (tertiary alicyclic amines) is 1. The molecule has 2 unspecified atom stereocenters. The maximum atomic E-state index is 13.3. The van der Waals surface area contributed by atoms with Crippen molar-refractivity contribution in [1.29, 1.82) is 0 Å². The summed E-state index contributed by atoms with van der Waals surface area (Å²) >= 11 is 0. The lowest BCUT2D eigenvalue weighted by molar-refractivity contribution is -0.128. The molecule has 0 aliphatic carbocycles. The zero-order valence-electron chi connectivity index (χ0n) is 21.4. The Morgan fingerprint density at radius 2 is 1.97 bits per heavy atom. The quantitative estimate of drug-likeness (QED) is 0.488. The summed E-state index contributed by atoms with van der Waals surface area (Å²) in [4.78, 5) is 20.1. The average molecular weight is 477 g/mol. The lowest BCUT2D eigenvalue weighted by atomic mass is 9.90. The zero-order valence-corrected chi connectivity index (χ0v) is 21.4. The van der Waals surface area contributed by atoms with Gasteiger partial charge in [-0.1, -0.05) is 42.8 Å². The summed E-state index contributed by atoms with van der Waals surface area (Å²) in [5, 5.41) is 7.49. The van der Waals surface area contributed by atoms with E-state index in [1.165, 1.54) is 16.7 Å². The number of carbonyl (C=O) groups excluding carboxylic acids is 1. The van der Waals surface area contributed by atoms with Crippen LogP contribution in [0.3, 0.4) is 0 Å². The van der Waals surface area contributed by atoms with Crippen molar-refractivity contribution in [3.63, 3.8) is 0 Å².